The number of sulfonamides is 1. The lowest BCUT2D eigenvalue weighted by Crippen LogP contribution is -2.15. The lowest BCUT2D eigenvalue weighted by atomic mass is 10.2. The zero-order valence-electron chi connectivity index (χ0n) is 11.4. The largest absolute Gasteiger partial charge is 0.417 e. The highest BCUT2D eigenvalue weighted by Crippen LogP contribution is 2.24. The minimum absolute atomic E-state index is 0.0917. The van der Waals surface area contributed by atoms with Crippen LogP contribution in [0.3, 0.4) is 0 Å². The number of nitrogens with one attached hydrogen (secondary N) is 2. The molecule has 0 aliphatic carbocycles. The Morgan fingerprint density at radius 3 is 2.68 bits per heavy atom. The van der Waals surface area contributed by atoms with Crippen molar-refractivity contribution in [2.45, 2.75) is 11.8 Å². The molecule has 3 rings (SSSR count). The number of aryl methyl sites for hydroxylation is 1. The molecule has 0 fully saturated rings. The van der Waals surface area contributed by atoms with Gasteiger partial charge in [-0.3, -0.25) is 9.71 Å². The molecule has 0 atom stereocenters. The van der Waals surface area contributed by atoms with E-state index < -0.39 is 21.6 Å². The van der Waals surface area contributed by atoms with E-state index in [2.05, 4.69) is 9.71 Å². The highest BCUT2D eigenvalue weighted by Gasteiger charge is 2.20. The van der Waals surface area contributed by atoms with Gasteiger partial charge in [0.1, 0.15) is 5.82 Å². The summed E-state index contributed by atoms with van der Waals surface area (Å²) in [5.74, 6) is -1.36. The van der Waals surface area contributed by atoms with Crippen LogP contribution < -0.4 is 10.5 Å². The molecule has 6 nitrogen and oxygen atoms in total. The summed E-state index contributed by atoms with van der Waals surface area (Å²) in [6.45, 7) is 1.57. The van der Waals surface area contributed by atoms with Crippen LogP contribution in [-0.4, -0.2) is 13.4 Å². The van der Waals surface area contributed by atoms with Crippen molar-refractivity contribution in [3.63, 3.8) is 0 Å². The Labute approximate surface area is 124 Å². The van der Waals surface area contributed by atoms with Gasteiger partial charge in [-0.25, -0.2) is 17.6 Å². The quantitative estimate of drug-likeness (QED) is 0.774. The van der Waals surface area contributed by atoms with E-state index in [4.69, 9.17) is 4.42 Å². The zero-order valence-corrected chi connectivity index (χ0v) is 12.2. The van der Waals surface area contributed by atoms with Gasteiger partial charge in [-0.15, -0.1) is 0 Å². The highest BCUT2D eigenvalue weighted by atomic mass is 32.2. The third-order valence-electron chi connectivity index (χ3n) is 3.12. The molecule has 114 valence electrons. The summed E-state index contributed by atoms with van der Waals surface area (Å²) in [5, 5.41) is 0. The van der Waals surface area contributed by atoms with Crippen molar-refractivity contribution >= 4 is 26.8 Å². The highest BCUT2D eigenvalue weighted by molar-refractivity contribution is 7.92. The summed E-state index contributed by atoms with van der Waals surface area (Å²) in [7, 11) is -4.01. The van der Waals surface area contributed by atoms with Crippen LogP contribution in [0.4, 0.5) is 10.1 Å². The number of oxazole rings is 1. The monoisotopic (exact) mass is 322 g/mol. The molecule has 0 amide bonds. The smallest absolute Gasteiger partial charge is 0.408 e. The molecular weight excluding hydrogens is 311 g/mol. The average molecular weight is 322 g/mol. The first-order valence-electron chi connectivity index (χ1n) is 6.27. The summed E-state index contributed by atoms with van der Waals surface area (Å²) in [4.78, 5) is 13.5. The third-order valence-corrected chi connectivity index (χ3v) is 4.63. The minimum Gasteiger partial charge on any atom is -0.408 e. The number of hydrogen-bond donors (Lipinski definition) is 2. The number of benzene rings is 2. The molecule has 2 N–H and O–H groups in total. The molecule has 0 radical (unpaired) electrons. The Kier molecular flexibility index (Phi) is 3.25. The third kappa shape index (κ3) is 2.48. The minimum atomic E-state index is -4.01. The van der Waals surface area contributed by atoms with Crippen molar-refractivity contribution in [3.8, 4) is 0 Å². The van der Waals surface area contributed by atoms with E-state index in [1.54, 1.807) is 6.92 Å². The number of fused-ring (bicyclic) bond motifs is 1. The maximum atomic E-state index is 13.6. The Morgan fingerprint density at radius 1 is 1.23 bits per heavy atom. The Hall–Kier alpha value is -2.61. The van der Waals surface area contributed by atoms with Gasteiger partial charge in [-0.05, 0) is 30.7 Å². The molecular formula is C14H11FN2O4S. The number of hydrogen-bond acceptors (Lipinski definition) is 4. The van der Waals surface area contributed by atoms with Crippen LogP contribution in [0.15, 0.2) is 50.5 Å². The molecule has 3 aromatic rings. The maximum absolute atomic E-state index is 13.6. The number of anilines is 1. The van der Waals surface area contributed by atoms with Gasteiger partial charge in [0.05, 0.1) is 16.1 Å². The topological polar surface area (TPSA) is 92.2 Å². The molecule has 0 saturated heterocycles. The normalized spacial score (nSPS) is 11.7. The molecule has 1 aromatic heterocycles. The number of halogens is 1. The van der Waals surface area contributed by atoms with Gasteiger partial charge in [-0.2, -0.15) is 0 Å². The van der Waals surface area contributed by atoms with Crippen LogP contribution in [0, 0.1) is 12.7 Å². The molecule has 1 heterocycles. The molecule has 0 spiro atoms. The summed E-state index contributed by atoms with van der Waals surface area (Å²) in [6.07, 6.45) is 0. The molecule has 0 bridgehead atoms. The fourth-order valence-electron chi connectivity index (χ4n) is 2.12. The Morgan fingerprint density at radius 2 is 1.95 bits per heavy atom. The standard InChI is InChI=1S/C14H11FN2O4S/c1-8-6-11-12(21-14(18)16-11)7-13(8)22(19,20)17-10-5-3-2-4-9(10)15/h2-7,17H,1H3,(H,16,18). The van der Waals surface area contributed by atoms with Crippen molar-refractivity contribution in [3.05, 3.63) is 58.3 Å². The number of H-pyrrole nitrogens is 1. The first-order chi connectivity index (χ1) is 10.4. The van der Waals surface area contributed by atoms with Crippen molar-refractivity contribution in [1.82, 2.24) is 4.98 Å². The number of aromatic nitrogens is 1. The second-order valence-electron chi connectivity index (χ2n) is 4.71. The van der Waals surface area contributed by atoms with E-state index in [9.17, 15) is 17.6 Å². The van der Waals surface area contributed by atoms with Crippen LogP contribution >= 0.6 is 0 Å². The Balaban J connectivity index is 2.10. The van der Waals surface area contributed by atoms with E-state index in [0.29, 0.717) is 11.1 Å². The Bertz CT molecular complexity index is 1020. The first-order valence-corrected chi connectivity index (χ1v) is 7.76. The molecule has 0 aliphatic heterocycles. The zero-order chi connectivity index (χ0) is 15.9. The number of aromatic amines is 1. The van der Waals surface area contributed by atoms with Crippen molar-refractivity contribution in [1.29, 1.82) is 0 Å². The predicted octanol–water partition coefficient (Wildman–Crippen LogP) is 2.37. The fraction of sp³-hybridized carbons (Fsp3) is 0.0714. The van der Waals surface area contributed by atoms with Gasteiger partial charge >= 0.3 is 5.76 Å². The molecule has 8 heteroatoms. The SMILES string of the molecule is Cc1cc2[nH]c(=O)oc2cc1S(=O)(=O)Nc1ccccc1F. The van der Waals surface area contributed by atoms with E-state index in [0.717, 1.165) is 6.07 Å². The summed E-state index contributed by atoms with van der Waals surface area (Å²) >= 11 is 0. The van der Waals surface area contributed by atoms with Crippen molar-refractivity contribution in [2.24, 2.45) is 0 Å². The van der Waals surface area contributed by atoms with Gasteiger partial charge < -0.3 is 4.42 Å². The molecule has 22 heavy (non-hydrogen) atoms. The van der Waals surface area contributed by atoms with E-state index in [-0.39, 0.29) is 16.2 Å². The summed E-state index contributed by atoms with van der Waals surface area (Å²) < 4.78 is 45.5. The average Bonchev–Trinajstić information content (AvgIpc) is 2.79. The lowest BCUT2D eigenvalue weighted by molar-refractivity contribution is 0.554. The van der Waals surface area contributed by atoms with E-state index >= 15 is 0 Å². The first kappa shape index (κ1) is 14.3. The van der Waals surface area contributed by atoms with E-state index in [1.807, 2.05) is 0 Å². The summed E-state index contributed by atoms with van der Waals surface area (Å²) in [5.41, 5.74) is 0.753. The second-order valence-corrected chi connectivity index (χ2v) is 6.36. The van der Waals surface area contributed by atoms with Crippen LogP contribution in [0.5, 0.6) is 0 Å². The van der Waals surface area contributed by atoms with Gasteiger partial charge in [-0.1, -0.05) is 12.1 Å². The molecule has 0 unspecified atom stereocenters. The number of para-hydroxylation sites is 1. The van der Waals surface area contributed by atoms with Crippen LogP contribution in [0.2, 0.25) is 0 Å². The van der Waals surface area contributed by atoms with Crippen LogP contribution in [0.25, 0.3) is 11.1 Å². The van der Waals surface area contributed by atoms with Gasteiger partial charge in [0.15, 0.2) is 5.58 Å². The van der Waals surface area contributed by atoms with Crippen LogP contribution in [-0.2, 0) is 10.0 Å². The predicted molar refractivity (Wildman–Crippen MR) is 78.8 cm³/mol. The molecule has 0 aliphatic rings. The fourth-order valence-corrected chi connectivity index (χ4v) is 3.43. The molecule has 2 aromatic carbocycles. The molecule has 0 saturated carbocycles. The van der Waals surface area contributed by atoms with E-state index in [1.165, 1.54) is 30.3 Å². The lowest BCUT2D eigenvalue weighted by Gasteiger charge is -2.10. The van der Waals surface area contributed by atoms with Crippen molar-refractivity contribution in [2.75, 3.05) is 4.72 Å². The van der Waals surface area contributed by atoms with Gasteiger partial charge in [0, 0.05) is 6.07 Å². The summed E-state index contributed by atoms with van der Waals surface area (Å²) in [6, 6.07) is 8.15. The maximum Gasteiger partial charge on any atom is 0.417 e. The second kappa shape index (κ2) is 4.99. The van der Waals surface area contributed by atoms with Crippen LogP contribution in [0.1, 0.15) is 5.56 Å². The van der Waals surface area contributed by atoms with Crippen molar-refractivity contribution < 1.29 is 17.2 Å². The van der Waals surface area contributed by atoms with Gasteiger partial charge in [0.25, 0.3) is 10.0 Å². The van der Waals surface area contributed by atoms with Gasteiger partial charge in [0.2, 0.25) is 0 Å². The number of rotatable bonds is 3.